The Kier molecular flexibility index (Phi) is 4.08. The van der Waals surface area contributed by atoms with Crippen molar-refractivity contribution in [2.75, 3.05) is 18.8 Å². The summed E-state index contributed by atoms with van der Waals surface area (Å²) in [5.41, 5.74) is 9.61. The molecule has 5 nitrogen and oxygen atoms in total. The smallest absolute Gasteiger partial charge is 0.180 e. The lowest BCUT2D eigenvalue weighted by Crippen LogP contribution is -2.43. The third-order valence-electron chi connectivity index (χ3n) is 5.01. The Morgan fingerprint density at radius 2 is 2.00 bits per heavy atom. The second-order valence-corrected chi connectivity index (χ2v) is 7.29. The van der Waals surface area contributed by atoms with Gasteiger partial charge in [-0.05, 0) is 31.5 Å². The van der Waals surface area contributed by atoms with Gasteiger partial charge in [-0.15, -0.1) is 11.3 Å². The van der Waals surface area contributed by atoms with Gasteiger partial charge in [0.2, 0.25) is 0 Å². The van der Waals surface area contributed by atoms with Crippen molar-refractivity contribution in [3.05, 3.63) is 64.9 Å². The van der Waals surface area contributed by atoms with Crippen molar-refractivity contribution in [1.29, 1.82) is 0 Å². The molecular weight excluding hydrogens is 318 g/mol. The zero-order chi connectivity index (χ0) is 16.4. The Hall–Kier alpha value is -2.18. The molecule has 1 aromatic carbocycles. The van der Waals surface area contributed by atoms with Gasteiger partial charge in [0.1, 0.15) is 0 Å². The first-order valence-corrected chi connectivity index (χ1v) is 9.11. The number of nitrogens with zero attached hydrogens (tertiary/aromatic N) is 3. The molecule has 124 valence electrons. The SMILES string of the molecule is Nc1nc(C2(c3ccccc3)CCN(Cc3cn[nH]c3)CC2)cs1. The van der Waals surface area contributed by atoms with Crippen molar-refractivity contribution in [2.45, 2.75) is 24.8 Å². The Labute approximate surface area is 145 Å². The summed E-state index contributed by atoms with van der Waals surface area (Å²) in [6.07, 6.45) is 5.98. The summed E-state index contributed by atoms with van der Waals surface area (Å²) in [6.45, 7) is 3.02. The van der Waals surface area contributed by atoms with Gasteiger partial charge in [0, 0.05) is 29.1 Å². The zero-order valence-electron chi connectivity index (χ0n) is 13.5. The number of hydrogen-bond donors (Lipinski definition) is 2. The van der Waals surface area contributed by atoms with Crippen LogP contribution >= 0.6 is 11.3 Å². The third-order valence-corrected chi connectivity index (χ3v) is 5.68. The number of piperidine rings is 1. The van der Waals surface area contributed by atoms with Gasteiger partial charge in [0.25, 0.3) is 0 Å². The molecule has 6 heteroatoms. The van der Waals surface area contributed by atoms with Crippen LogP contribution in [0.25, 0.3) is 0 Å². The van der Waals surface area contributed by atoms with Crippen LogP contribution in [0.3, 0.4) is 0 Å². The van der Waals surface area contributed by atoms with E-state index >= 15 is 0 Å². The van der Waals surface area contributed by atoms with E-state index < -0.39 is 0 Å². The topological polar surface area (TPSA) is 70.8 Å². The van der Waals surface area contributed by atoms with Crippen LogP contribution in [0.4, 0.5) is 5.13 Å². The normalized spacial score (nSPS) is 17.8. The van der Waals surface area contributed by atoms with Crippen molar-refractivity contribution < 1.29 is 0 Å². The molecule has 3 N–H and O–H groups in total. The fourth-order valence-electron chi connectivity index (χ4n) is 3.67. The predicted octanol–water partition coefficient (Wildman–Crippen LogP) is 3.03. The van der Waals surface area contributed by atoms with Gasteiger partial charge < -0.3 is 5.73 Å². The highest BCUT2D eigenvalue weighted by molar-refractivity contribution is 7.13. The van der Waals surface area contributed by atoms with E-state index in [0.29, 0.717) is 5.13 Å². The maximum absolute atomic E-state index is 5.93. The number of nitrogen functional groups attached to an aromatic ring is 1. The molecule has 0 unspecified atom stereocenters. The molecule has 1 saturated heterocycles. The first-order chi connectivity index (χ1) is 11.8. The number of nitrogens with one attached hydrogen (secondary N) is 1. The molecule has 0 aliphatic carbocycles. The molecule has 0 spiro atoms. The van der Waals surface area contributed by atoms with Crippen LogP contribution in [0.5, 0.6) is 0 Å². The number of likely N-dealkylation sites (tertiary alicyclic amines) is 1. The molecule has 4 rings (SSSR count). The molecule has 3 heterocycles. The van der Waals surface area contributed by atoms with Crippen molar-refractivity contribution in [2.24, 2.45) is 0 Å². The summed E-state index contributed by atoms with van der Waals surface area (Å²) in [4.78, 5) is 7.13. The van der Waals surface area contributed by atoms with E-state index in [2.05, 4.69) is 55.8 Å². The highest BCUT2D eigenvalue weighted by Gasteiger charge is 2.39. The van der Waals surface area contributed by atoms with Crippen LogP contribution in [0.1, 0.15) is 29.7 Å². The number of nitrogens with two attached hydrogens (primary N) is 1. The molecule has 0 amide bonds. The maximum atomic E-state index is 5.93. The van der Waals surface area contributed by atoms with Gasteiger partial charge in [-0.1, -0.05) is 30.3 Å². The first-order valence-electron chi connectivity index (χ1n) is 8.23. The number of thiazole rings is 1. The van der Waals surface area contributed by atoms with Crippen molar-refractivity contribution in [3.8, 4) is 0 Å². The van der Waals surface area contributed by atoms with E-state index in [9.17, 15) is 0 Å². The van der Waals surface area contributed by atoms with Gasteiger partial charge in [-0.2, -0.15) is 5.10 Å². The summed E-state index contributed by atoms with van der Waals surface area (Å²) < 4.78 is 0. The number of aromatic amines is 1. The molecule has 0 saturated carbocycles. The minimum atomic E-state index is -0.0255. The maximum Gasteiger partial charge on any atom is 0.180 e. The third kappa shape index (κ3) is 2.83. The number of hydrogen-bond acceptors (Lipinski definition) is 5. The van der Waals surface area contributed by atoms with Crippen LogP contribution in [-0.2, 0) is 12.0 Å². The van der Waals surface area contributed by atoms with Gasteiger partial charge in [-0.25, -0.2) is 4.98 Å². The van der Waals surface area contributed by atoms with Gasteiger partial charge in [0.15, 0.2) is 5.13 Å². The molecule has 24 heavy (non-hydrogen) atoms. The van der Waals surface area contributed by atoms with Crippen LogP contribution in [0.15, 0.2) is 48.1 Å². The fraction of sp³-hybridized carbons (Fsp3) is 0.333. The quantitative estimate of drug-likeness (QED) is 0.766. The lowest BCUT2D eigenvalue weighted by molar-refractivity contribution is 0.170. The lowest BCUT2D eigenvalue weighted by atomic mass is 9.70. The number of rotatable bonds is 4. The van der Waals surface area contributed by atoms with Crippen LogP contribution in [0.2, 0.25) is 0 Å². The van der Waals surface area contributed by atoms with E-state index in [1.54, 1.807) is 0 Å². The van der Waals surface area contributed by atoms with Gasteiger partial charge in [-0.3, -0.25) is 10.00 Å². The highest BCUT2D eigenvalue weighted by Crippen LogP contribution is 2.42. The molecule has 1 aliphatic heterocycles. The number of aromatic nitrogens is 3. The number of benzene rings is 1. The Bertz CT molecular complexity index is 773. The monoisotopic (exact) mass is 339 g/mol. The average Bonchev–Trinajstić information content (AvgIpc) is 3.29. The molecule has 3 aromatic rings. The van der Waals surface area contributed by atoms with Crippen molar-refractivity contribution >= 4 is 16.5 Å². The lowest BCUT2D eigenvalue weighted by Gasteiger charge is -2.41. The minimum Gasteiger partial charge on any atom is -0.375 e. The average molecular weight is 339 g/mol. The van der Waals surface area contributed by atoms with Gasteiger partial charge in [0.05, 0.1) is 11.9 Å². The molecule has 0 bridgehead atoms. The van der Waals surface area contributed by atoms with Crippen molar-refractivity contribution in [3.63, 3.8) is 0 Å². The zero-order valence-corrected chi connectivity index (χ0v) is 14.3. The summed E-state index contributed by atoms with van der Waals surface area (Å²) in [6, 6.07) is 10.7. The highest BCUT2D eigenvalue weighted by atomic mass is 32.1. The Morgan fingerprint density at radius 3 is 2.62 bits per heavy atom. The summed E-state index contributed by atoms with van der Waals surface area (Å²) >= 11 is 1.54. The standard InChI is InChI=1S/C18H21N5S/c19-17-22-16(13-24-17)18(15-4-2-1-3-5-15)6-8-23(9-7-18)12-14-10-20-21-11-14/h1-5,10-11,13H,6-9,12H2,(H2,19,22)(H,20,21). The van der Waals surface area contributed by atoms with Crippen LogP contribution in [-0.4, -0.2) is 33.2 Å². The Balaban J connectivity index is 1.59. The number of anilines is 1. The van der Waals surface area contributed by atoms with Crippen molar-refractivity contribution in [1.82, 2.24) is 20.1 Å². The second kappa shape index (κ2) is 6.37. The predicted molar refractivity (Wildman–Crippen MR) is 96.8 cm³/mol. The molecular formula is C18H21N5S. The molecule has 1 fully saturated rings. The summed E-state index contributed by atoms with van der Waals surface area (Å²) in [7, 11) is 0. The largest absolute Gasteiger partial charge is 0.375 e. The van der Waals surface area contributed by atoms with Crippen LogP contribution < -0.4 is 5.73 Å². The van der Waals surface area contributed by atoms with E-state index in [0.717, 1.165) is 38.2 Å². The van der Waals surface area contributed by atoms with E-state index in [1.165, 1.54) is 22.5 Å². The first kappa shape index (κ1) is 15.4. The van der Waals surface area contributed by atoms with E-state index in [4.69, 9.17) is 5.73 Å². The van der Waals surface area contributed by atoms with E-state index in [1.807, 2.05) is 12.4 Å². The van der Waals surface area contributed by atoms with E-state index in [-0.39, 0.29) is 5.41 Å². The minimum absolute atomic E-state index is 0.0255. The molecule has 0 radical (unpaired) electrons. The van der Waals surface area contributed by atoms with Gasteiger partial charge >= 0.3 is 0 Å². The summed E-state index contributed by atoms with van der Waals surface area (Å²) in [5, 5.41) is 9.72. The summed E-state index contributed by atoms with van der Waals surface area (Å²) in [5.74, 6) is 0. The van der Waals surface area contributed by atoms with Crippen LogP contribution in [0, 0.1) is 0 Å². The fourth-order valence-corrected chi connectivity index (χ4v) is 4.33. The number of H-pyrrole nitrogens is 1. The molecule has 2 aromatic heterocycles. The molecule has 1 aliphatic rings. The second-order valence-electron chi connectivity index (χ2n) is 6.40. The Morgan fingerprint density at radius 1 is 1.21 bits per heavy atom. The molecule has 0 atom stereocenters.